The monoisotopic (exact) mass is 322 g/mol. The topological polar surface area (TPSA) is 26.3 Å². The van der Waals surface area contributed by atoms with Crippen molar-refractivity contribution >= 4 is 5.78 Å². The second-order valence-electron chi connectivity index (χ2n) is 6.51. The fraction of sp³-hybridized carbons (Fsp3) is 0.318. The molecule has 2 rings (SSSR count). The number of methoxy groups -OCH3 is 1. The molecular weight excluding hydrogens is 296 g/mol. The van der Waals surface area contributed by atoms with Gasteiger partial charge in [-0.25, -0.2) is 0 Å². The van der Waals surface area contributed by atoms with Crippen molar-refractivity contribution in [2.75, 3.05) is 7.11 Å². The molecule has 0 bridgehead atoms. The van der Waals surface area contributed by atoms with Crippen molar-refractivity contribution in [1.82, 2.24) is 0 Å². The zero-order valence-electron chi connectivity index (χ0n) is 14.7. The number of carbonyl (C=O) groups excluding carboxylic acids is 1. The van der Waals surface area contributed by atoms with E-state index in [1.165, 1.54) is 0 Å². The normalized spacial score (nSPS) is 14.8. The van der Waals surface area contributed by atoms with Crippen molar-refractivity contribution < 1.29 is 9.53 Å². The Morgan fingerprint density at radius 1 is 1.08 bits per heavy atom. The molecule has 0 heterocycles. The molecule has 2 atom stereocenters. The molecule has 2 heteroatoms. The van der Waals surface area contributed by atoms with Gasteiger partial charge < -0.3 is 4.74 Å². The zero-order chi connectivity index (χ0) is 17.6. The third kappa shape index (κ3) is 3.65. The van der Waals surface area contributed by atoms with Crippen molar-refractivity contribution in [3.05, 3.63) is 84.4 Å². The standard InChI is InChI=1S/C22H26O2/c1-5-20(18-12-8-6-9-13-18)22(24-4,16-17(2)3)21(23)19-14-10-7-11-15-19/h5-15,17,20H,1,16H2,2-4H3/t20-,22+/m1/s1. The first-order chi connectivity index (χ1) is 11.5. The molecule has 0 radical (unpaired) electrons. The van der Waals surface area contributed by atoms with Crippen LogP contribution in [0.4, 0.5) is 0 Å². The third-order valence-corrected chi connectivity index (χ3v) is 4.39. The van der Waals surface area contributed by atoms with E-state index in [4.69, 9.17) is 4.74 Å². The molecule has 2 aromatic rings. The summed E-state index contributed by atoms with van der Waals surface area (Å²) in [4.78, 5) is 13.4. The Bertz CT molecular complexity index is 661. The van der Waals surface area contributed by atoms with Gasteiger partial charge in [0.25, 0.3) is 0 Å². The van der Waals surface area contributed by atoms with Gasteiger partial charge in [-0.2, -0.15) is 0 Å². The van der Waals surface area contributed by atoms with Crippen LogP contribution in [0.15, 0.2) is 73.3 Å². The molecule has 0 fully saturated rings. The van der Waals surface area contributed by atoms with Gasteiger partial charge in [-0.3, -0.25) is 4.79 Å². The molecule has 0 saturated carbocycles. The van der Waals surface area contributed by atoms with E-state index in [2.05, 4.69) is 20.4 Å². The number of hydrogen-bond acceptors (Lipinski definition) is 2. The lowest BCUT2D eigenvalue weighted by atomic mass is 9.72. The fourth-order valence-electron chi connectivity index (χ4n) is 3.36. The Morgan fingerprint density at radius 3 is 2.08 bits per heavy atom. The average molecular weight is 322 g/mol. The molecule has 0 amide bonds. The Hall–Kier alpha value is -2.19. The van der Waals surface area contributed by atoms with Gasteiger partial charge in [-0.15, -0.1) is 6.58 Å². The smallest absolute Gasteiger partial charge is 0.195 e. The summed E-state index contributed by atoms with van der Waals surface area (Å²) < 4.78 is 5.95. The number of Topliss-reactive ketones (excluding diaryl/α,β-unsaturated/α-hetero) is 1. The van der Waals surface area contributed by atoms with Crippen LogP contribution < -0.4 is 0 Å². The van der Waals surface area contributed by atoms with Gasteiger partial charge in [0, 0.05) is 18.6 Å². The van der Waals surface area contributed by atoms with Crippen LogP contribution in [0.5, 0.6) is 0 Å². The van der Waals surface area contributed by atoms with Crippen molar-refractivity contribution in [2.24, 2.45) is 5.92 Å². The predicted octanol–water partition coefficient (Wildman–Crippen LogP) is 5.27. The lowest BCUT2D eigenvalue weighted by Crippen LogP contribution is -2.47. The molecule has 2 nitrogen and oxygen atoms in total. The molecule has 0 saturated heterocycles. The van der Waals surface area contributed by atoms with Crippen molar-refractivity contribution in [3.8, 4) is 0 Å². The minimum atomic E-state index is -0.960. The van der Waals surface area contributed by atoms with Crippen LogP contribution in [0, 0.1) is 5.92 Å². The predicted molar refractivity (Wildman–Crippen MR) is 99.3 cm³/mol. The van der Waals surface area contributed by atoms with Crippen molar-refractivity contribution in [3.63, 3.8) is 0 Å². The van der Waals surface area contributed by atoms with Gasteiger partial charge in [-0.05, 0) is 17.9 Å². The van der Waals surface area contributed by atoms with Crippen LogP contribution >= 0.6 is 0 Å². The first kappa shape index (κ1) is 18.2. The molecule has 126 valence electrons. The molecule has 0 N–H and O–H groups in total. The minimum Gasteiger partial charge on any atom is -0.369 e. The van der Waals surface area contributed by atoms with Gasteiger partial charge >= 0.3 is 0 Å². The molecule has 0 aliphatic carbocycles. The van der Waals surface area contributed by atoms with Gasteiger partial charge in [0.1, 0.15) is 5.60 Å². The highest BCUT2D eigenvalue weighted by atomic mass is 16.5. The second-order valence-corrected chi connectivity index (χ2v) is 6.51. The Balaban J connectivity index is 2.57. The summed E-state index contributed by atoms with van der Waals surface area (Å²) in [6.45, 7) is 8.22. The molecule has 0 aliphatic rings. The van der Waals surface area contributed by atoms with Crippen LogP contribution in [0.25, 0.3) is 0 Å². The lowest BCUT2D eigenvalue weighted by Gasteiger charge is -2.38. The number of ketones is 1. The second kappa shape index (κ2) is 8.07. The summed E-state index contributed by atoms with van der Waals surface area (Å²) in [5.74, 6) is 0.107. The van der Waals surface area contributed by atoms with E-state index in [1.54, 1.807) is 7.11 Å². The van der Waals surface area contributed by atoms with E-state index in [0.717, 1.165) is 5.56 Å². The van der Waals surface area contributed by atoms with Crippen LogP contribution in [-0.4, -0.2) is 18.5 Å². The Morgan fingerprint density at radius 2 is 1.62 bits per heavy atom. The molecule has 24 heavy (non-hydrogen) atoms. The summed E-state index contributed by atoms with van der Waals surface area (Å²) in [6.07, 6.45) is 2.46. The molecule has 2 aromatic carbocycles. The van der Waals surface area contributed by atoms with E-state index < -0.39 is 5.60 Å². The summed E-state index contributed by atoms with van der Waals surface area (Å²) in [7, 11) is 1.63. The Kier molecular flexibility index (Phi) is 6.10. The number of ether oxygens (including phenoxy) is 1. The summed E-state index contributed by atoms with van der Waals surface area (Å²) in [5.41, 5.74) is 0.751. The lowest BCUT2D eigenvalue weighted by molar-refractivity contribution is -0.0186. The highest BCUT2D eigenvalue weighted by Crippen LogP contribution is 2.40. The maximum absolute atomic E-state index is 13.4. The average Bonchev–Trinajstić information content (AvgIpc) is 2.62. The largest absolute Gasteiger partial charge is 0.369 e. The van der Waals surface area contributed by atoms with E-state index in [0.29, 0.717) is 17.9 Å². The third-order valence-electron chi connectivity index (χ3n) is 4.39. The minimum absolute atomic E-state index is 0.00746. The maximum Gasteiger partial charge on any atom is 0.195 e. The summed E-state index contributed by atoms with van der Waals surface area (Å²) in [5, 5.41) is 0. The van der Waals surface area contributed by atoms with E-state index in [-0.39, 0.29) is 11.7 Å². The number of carbonyl (C=O) groups is 1. The SMILES string of the molecule is C=C[C@H](c1ccccc1)[C@](CC(C)C)(OC)C(=O)c1ccccc1. The van der Waals surface area contributed by atoms with Gasteiger partial charge in [0.15, 0.2) is 5.78 Å². The molecule has 0 aliphatic heterocycles. The highest BCUT2D eigenvalue weighted by molar-refractivity contribution is 6.03. The summed E-state index contributed by atoms with van der Waals surface area (Å²) >= 11 is 0. The number of hydrogen-bond donors (Lipinski definition) is 0. The number of benzene rings is 2. The summed E-state index contributed by atoms with van der Waals surface area (Å²) in [6, 6.07) is 19.4. The fourth-order valence-corrected chi connectivity index (χ4v) is 3.36. The quantitative estimate of drug-likeness (QED) is 0.489. The Labute approximate surface area is 145 Å². The van der Waals surface area contributed by atoms with Crippen LogP contribution in [0.3, 0.4) is 0 Å². The van der Waals surface area contributed by atoms with Crippen molar-refractivity contribution in [1.29, 1.82) is 0 Å². The van der Waals surface area contributed by atoms with Crippen LogP contribution in [-0.2, 0) is 4.74 Å². The van der Waals surface area contributed by atoms with Gasteiger partial charge in [0.05, 0.1) is 0 Å². The van der Waals surface area contributed by atoms with Gasteiger partial charge in [0.2, 0.25) is 0 Å². The maximum atomic E-state index is 13.4. The molecular formula is C22H26O2. The van der Waals surface area contributed by atoms with Crippen LogP contribution in [0.1, 0.15) is 42.1 Å². The van der Waals surface area contributed by atoms with Gasteiger partial charge in [-0.1, -0.05) is 80.6 Å². The highest BCUT2D eigenvalue weighted by Gasteiger charge is 2.46. The molecule has 0 unspecified atom stereocenters. The van der Waals surface area contributed by atoms with E-state index in [1.807, 2.05) is 66.7 Å². The van der Waals surface area contributed by atoms with Crippen molar-refractivity contribution in [2.45, 2.75) is 31.8 Å². The first-order valence-corrected chi connectivity index (χ1v) is 8.37. The van der Waals surface area contributed by atoms with E-state index >= 15 is 0 Å². The first-order valence-electron chi connectivity index (χ1n) is 8.37. The molecule has 0 aromatic heterocycles. The van der Waals surface area contributed by atoms with E-state index in [9.17, 15) is 4.79 Å². The molecule has 0 spiro atoms. The zero-order valence-corrected chi connectivity index (χ0v) is 14.7. The number of rotatable bonds is 8. The van der Waals surface area contributed by atoms with Crippen LogP contribution in [0.2, 0.25) is 0 Å².